The molecule has 0 aliphatic rings. The molecule has 134 valence electrons. The van der Waals surface area contributed by atoms with Crippen molar-refractivity contribution in [2.75, 3.05) is 0 Å². The standard InChI is InChI=1S/C21H22N2O3/c1-14(2)20(16-7-5-4-6-8-16)21(25)26-13-17-11-19(24)23-12-15(3)9-10-18(23)22-17/h4-12,14,20H,13H2,1-3H3. The number of nitrogens with zero attached hydrogens (tertiary/aromatic N) is 2. The smallest absolute Gasteiger partial charge is 0.314 e. The monoisotopic (exact) mass is 350 g/mol. The number of ether oxygens (including phenoxy) is 1. The van der Waals surface area contributed by atoms with E-state index in [1.165, 1.54) is 10.5 Å². The first-order valence-corrected chi connectivity index (χ1v) is 8.66. The molecule has 0 bridgehead atoms. The maximum Gasteiger partial charge on any atom is 0.314 e. The molecule has 2 heterocycles. The SMILES string of the molecule is Cc1ccc2nc(COC(=O)C(c3ccccc3)C(C)C)cc(=O)n2c1. The first-order chi connectivity index (χ1) is 12.5. The fraction of sp³-hybridized carbons (Fsp3) is 0.286. The summed E-state index contributed by atoms with van der Waals surface area (Å²) in [7, 11) is 0. The van der Waals surface area contributed by atoms with Crippen molar-refractivity contribution >= 4 is 11.6 Å². The number of esters is 1. The first-order valence-electron chi connectivity index (χ1n) is 8.66. The van der Waals surface area contributed by atoms with E-state index in [1.54, 1.807) is 12.3 Å². The van der Waals surface area contributed by atoms with Gasteiger partial charge in [0.05, 0.1) is 11.6 Å². The summed E-state index contributed by atoms with van der Waals surface area (Å²) in [5.41, 5.74) is 2.70. The molecule has 26 heavy (non-hydrogen) atoms. The molecule has 2 aromatic heterocycles. The maximum absolute atomic E-state index is 12.6. The largest absolute Gasteiger partial charge is 0.459 e. The Bertz CT molecular complexity index is 977. The lowest BCUT2D eigenvalue weighted by Gasteiger charge is -2.19. The Morgan fingerprint density at radius 1 is 1.15 bits per heavy atom. The highest BCUT2D eigenvalue weighted by molar-refractivity contribution is 5.78. The van der Waals surface area contributed by atoms with Crippen LogP contribution in [0.5, 0.6) is 0 Å². The van der Waals surface area contributed by atoms with E-state index in [0.717, 1.165) is 11.1 Å². The lowest BCUT2D eigenvalue weighted by molar-refractivity contribution is -0.148. The molecule has 0 aliphatic carbocycles. The third-order valence-electron chi connectivity index (χ3n) is 4.30. The van der Waals surface area contributed by atoms with E-state index in [-0.39, 0.29) is 30.0 Å². The number of aryl methyl sites for hydroxylation is 1. The lowest BCUT2D eigenvalue weighted by atomic mass is 9.88. The van der Waals surface area contributed by atoms with Gasteiger partial charge in [-0.3, -0.25) is 14.0 Å². The first kappa shape index (κ1) is 17.9. The summed E-state index contributed by atoms with van der Waals surface area (Å²) in [6, 6.07) is 14.7. The molecule has 0 spiro atoms. The summed E-state index contributed by atoms with van der Waals surface area (Å²) >= 11 is 0. The number of rotatable bonds is 5. The van der Waals surface area contributed by atoms with Gasteiger partial charge in [-0.05, 0) is 30.0 Å². The van der Waals surface area contributed by atoms with E-state index in [9.17, 15) is 9.59 Å². The van der Waals surface area contributed by atoms with Gasteiger partial charge in [-0.2, -0.15) is 0 Å². The van der Waals surface area contributed by atoms with Gasteiger partial charge >= 0.3 is 5.97 Å². The Labute approximate surface area is 152 Å². The topological polar surface area (TPSA) is 60.7 Å². The van der Waals surface area contributed by atoms with Crippen molar-refractivity contribution in [1.29, 1.82) is 0 Å². The number of carbonyl (C=O) groups is 1. The highest BCUT2D eigenvalue weighted by atomic mass is 16.5. The highest BCUT2D eigenvalue weighted by Crippen LogP contribution is 2.26. The van der Waals surface area contributed by atoms with Gasteiger partial charge in [-0.15, -0.1) is 0 Å². The molecule has 0 N–H and O–H groups in total. The van der Waals surface area contributed by atoms with Gasteiger partial charge < -0.3 is 4.74 Å². The molecule has 3 rings (SSSR count). The molecule has 0 saturated heterocycles. The molecule has 1 atom stereocenters. The van der Waals surface area contributed by atoms with Crippen LogP contribution >= 0.6 is 0 Å². The molecular formula is C21H22N2O3. The predicted molar refractivity (Wildman–Crippen MR) is 100 cm³/mol. The summed E-state index contributed by atoms with van der Waals surface area (Å²) < 4.78 is 6.97. The third kappa shape index (κ3) is 3.82. The number of aromatic nitrogens is 2. The Morgan fingerprint density at radius 3 is 2.58 bits per heavy atom. The van der Waals surface area contributed by atoms with Crippen LogP contribution in [0.4, 0.5) is 0 Å². The van der Waals surface area contributed by atoms with Crippen molar-refractivity contribution in [3.8, 4) is 0 Å². The van der Waals surface area contributed by atoms with E-state index in [0.29, 0.717) is 11.3 Å². The van der Waals surface area contributed by atoms with Gasteiger partial charge in [-0.25, -0.2) is 4.98 Å². The van der Waals surface area contributed by atoms with E-state index in [2.05, 4.69) is 4.98 Å². The van der Waals surface area contributed by atoms with E-state index in [4.69, 9.17) is 4.74 Å². The van der Waals surface area contributed by atoms with E-state index >= 15 is 0 Å². The minimum atomic E-state index is -0.347. The number of carbonyl (C=O) groups excluding carboxylic acids is 1. The van der Waals surface area contributed by atoms with Crippen LogP contribution in [0.2, 0.25) is 0 Å². The average Bonchev–Trinajstić information content (AvgIpc) is 2.61. The minimum Gasteiger partial charge on any atom is -0.459 e. The molecule has 0 fully saturated rings. The van der Waals surface area contributed by atoms with Crippen molar-refractivity contribution in [3.05, 3.63) is 81.9 Å². The fourth-order valence-corrected chi connectivity index (χ4v) is 3.02. The minimum absolute atomic E-state index is 0.0193. The second kappa shape index (κ2) is 7.52. The summed E-state index contributed by atoms with van der Waals surface area (Å²) in [4.78, 5) is 29.3. The van der Waals surface area contributed by atoms with Crippen LogP contribution in [0.15, 0.2) is 59.5 Å². The maximum atomic E-state index is 12.6. The average molecular weight is 350 g/mol. The number of hydrogen-bond acceptors (Lipinski definition) is 4. The van der Waals surface area contributed by atoms with E-state index < -0.39 is 0 Å². The zero-order valence-corrected chi connectivity index (χ0v) is 15.2. The number of pyridine rings is 1. The zero-order chi connectivity index (χ0) is 18.7. The number of hydrogen-bond donors (Lipinski definition) is 0. The summed E-state index contributed by atoms with van der Waals surface area (Å²) in [6.45, 7) is 5.87. The van der Waals surface area contributed by atoms with Crippen LogP contribution < -0.4 is 5.56 Å². The predicted octanol–water partition coefficient (Wildman–Crippen LogP) is 3.49. The Kier molecular flexibility index (Phi) is 5.16. The van der Waals surface area contributed by atoms with Gasteiger partial charge in [0.15, 0.2) is 0 Å². The lowest BCUT2D eigenvalue weighted by Crippen LogP contribution is -2.22. The van der Waals surface area contributed by atoms with Gasteiger partial charge in [0.2, 0.25) is 0 Å². The summed E-state index contributed by atoms with van der Waals surface area (Å²) in [5.74, 6) is -0.555. The van der Waals surface area contributed by atoms with Crippen LogP contribution in [0.3, 0.4) is 0 Å². The van der Waals surface area contributed by atoms with Crippen LogP contribution in [0, 0.1) is 12.8 Å². The highest BCUT2D eigenvalue weighted by Gasteiger charge is 2.25. The van der Waals surface area contributed by atoms with Crippen LogP contribution in [-0.4, -0.2) is 15.4 Å². The van der Waals surface area contributed by atoms with Gasteiger partial charge in [0.1, 0.15) is 12.3 Å². The van der Waals surface area contributed by atoms with Crippen molar-refractivity contribution < 1.29 is 9.53 Å². The molecule has 1 aromatic carbocycles. The molecule has 5 heteroatoms. The Morgan fingerprint density at radius 2 is 1.88 bits per heavy atom. The van der Waals surface area contributed by atoms with E-state index in [1.807, 2.05) is 57.2 Å². The quantitative estimate of drug-likeness (QED) is 0.661. The number of benzene rings is 1. The second-order valence-corrected chi connectivity index (χ2v) is 6.76. The molecule has 5 nitrogen and oxygen atoms in total. The van der Waals surface area contributed by atoms with Gasteiger partial charge in [0.25, 0.3) is 5.56 Å². The zero-order valence-electron chi connectivity index (χ0n) is 15.2. The fourth-order valence-electron chi connectivity index (χ4n) is 3.02. The van der Waals surface area contributed by atoms with Crippen LogP contribution in [0.25, 0.3) is 5.65 Å². The molecule has 0 amide bonds. The van der Waals surface area contributed by atoms with Crippen molar-refractivity contribution in [3.63, 3.8) is 0 Å². The molecule has 0 radical (unpaired) electrons. The van der Waals surface area contributed by atoms with Crippen LogP contribution in [0.1, 0.15) is 36.6 Å². The van der Waals surface area contributed by atoms with Crippen molar-refractivity contribution in [1.82, 2.24) is 9.38 Å². The normalized spacial score (nSPS) is 12.3. The van der Waals surface area contributed by atoms with Crippen LogP contribution in [-0.2, 0) is 16.1 Å². The number of fused-ring (bicyclic) bond motifs is 1. The molecule has 0 saturated carbocycles. The third-order valence-corrected chi connectivity index (χ3v) is 4.30. The van der Waals surface area contributed by atoms with Crippen molar-refractivity contribution in [2.45, 2.75) is 33.3 Å². The molecule has 0 aliphatic heterocycles. The molecular weight excluding hydrogens is 328 g/mol. The van der Waals surface area contributed by atoms with Crippen molar-refractivity contribution in [2.24, 2.45) is 5.92 Å². The molecule has 3 aromatic rings. The second-order valence-electron chi connectivity index (χ2n) is 6.76. The summed E-state index contributed by atoms with van der Waals surface area (Å²) in [5, 5.41) is 0. The Balaban J connectivity index is 1.79. The Hall–Kier alpha value is -2.95. The molecule has 1 unspecified atom stereocenters. The summed E-state index contributed by atoms with van der Waals surface area (Å²) in [6.07, 6.45) is 1.74. The van der Waals surface area contributed by atoms with Gasteiger partial charge in [-0.1, -0.05) is 50.2 Å². The van der Waals surface area contributed by atoms with Gasteiger partial charge in [0, 0.05) is 12.3 Å².